The Morgan fingerprint density at radius 1 is 0.853 bits per heavy atom. The zero-order valence-electron chi connectivity index (χ0n) is 18.9. The van der Waals surface area contributed by atoms with E-state index in [2.05, 4.69) is 22.3 Å². The van der Waals surface area contributed by atoms with Crippen LogP contribution in [0.5, 0.6) is 11.5 Å². The predicted molar refractivity (Wildman–Crippen MR) is 133 cm³/mol. The maximum absolute atomic E-state index is 13.4. The van der Waals surface area contributed by atoms with Gasteiger partial charge in [-0.25, -0.2) is 4.39 Å². The minimum Gasteiger partial charge on any atom is -0.457 e. The number of rotatable bonds is 6. The number of hydrogen-bond donors (Lipinski definition) is 1. The molecule has 0 saturated carbocycles. The van der Waals surface area contributed by atoms with Gasteiger partial charge in [0.1, 0.15) is 17.3 Å². The van der Waals surface area contributed by atoms with Crippen LogP contribution >= 0.6 is 0 Å². The van der Waals surface area contributed by atoms with Crippen molar-refractivity contribution >= 4 is 16.7 Å². The molecule has 172 valence electrons. The molecule has 1 saturated heterocycles. The first-order valence-electron chi connectivity index (χ1n) is 11.7. The average molecular weight is 455 g/mol. The monoisotopic (exact) mass is 454 g/mol. The highest BCUT2D eigenvalue weighted by atomic mass is 19.1. The molecule has 5 heteroatoms. The van der Waals surface area contributed by atoms with Gasteiger partial charge in [0.2, 0.25) is 0 Å². The zero-order chi connectivity index (χ0) is 23.3. The third-order valence-corrected chi connectivity index (χ3v) is 6.29. The first kappa shape index (κ1) is 22.1. The number of para-hydroxylation sites is 1. The van der Waals surface area contributed by atoms with Gasteiger partial charge >= 0.3 is 0 Å². The lowest BCUT2D eigenvalue weighted by Crippen LogP contribution is -2.44. The molecule has 0 spiro atoms. The maximum Gasteiger partial charge on any atom is 0.251 e. The van der Waals surface area contributed by atoms with Gasteiger partial charge in [-0.15, -0.1) is 0 Å². The number of halogens is 1. The lowest BCUT2D eigenvalue weighted by molar-refractivity contribution is 0.0909. The van der Waals surface area contributed by atoms with E-state index in [0.29, 0.717) is 11.3 Å². The number of hydrogen-bond acceptors (Lipinski definition) is 3. The molecule has 1 aliphatic heterocycles. The number of likely N-dealkylation sites (tertiary alicyclic amines) is 1. The Balaban J connectivity index is 1.11. The SMILES string of the molecule is O=C(NC1CCN(Cc2ccc3cc(F)ccc3c2)CC1)c1ccc(Oc2ccccc2)cc1. The van der Waals surface area contributed by atoms with Gasteiger partial charge in [0, 0.05) is 31.2 Å². The Bertz CT molecular complexity index is 1270. The minimum atomic E-state index is -0.208. The fourth-order valence-corrected chi connectivity index (χ4v) is 4.43. The number of carbonyl (C=O) groups is 1. The molecular weight excluding hydrogens is 427 g/mol. The highest BCUT2D eigenvalue weighted by Crippen LogP contribution is 2.22. The number of ether oxygens (including phenoxy) is 1. The van der Waals surface area contributed by atoms with Crippen molar-refractivity contribution in [2.24, 2.45) is 0 Å². The van der Waals surface area contributed by atoms with Crippen LogP contribution in [0.25, 0.3) is 10.8 Å². The summed E-state index contributed by atoms with van der Waals surface area (Å²) >= 11 is 0. The normalized spacial score (nSPS) is 14.7. The Morgan fingerprint density at radius 3 is 2.29 bits per heavy atom. The van der Waals surface area contributed by atoms with Gasteiger partial charge in [0.05, 0.1) is 0 Å². The van der Waals surface area contributed by atoms with Crippen LogP contribution in [0.3, 0.4) is 0 Å². The van der Waals surface area contributed by atoms with Gasteiger partial charge in [-0.3, -0.25) is 9.69 Å². The van der Waals surface area contributed by atoms with E-state index in [1.165, 1.54) is 11.6 Å². The quantitative estimate of drug-likeness (QED) is 0.379. The molecule has 1 fully saturated rings. The average Bonchev–Trinajstić information content (AvgIpc) is 2.86. The topological polar surface area (TPSA) is 41.6 Å². The third-order valence-electron chi connectivity index (χ3n) is 6.29. The number of benzene rings is 4. The molecule has 1 N–H and O–H groups in total. The fourth-order valence-electron chi connectivity index (χ4n) is 4.43. The van der Waals surface area contributed by atoms with Crippen molar-refractivity contribution in [1.29, 1.82) is 0 Å². The zero-order valence-corrected chi connectivity index (χ0v) is 18.9. The molecule has 5 rings (SSSR count). The Labute approximate surface area is 199 Å². The third kappa shape index (κ3) is 5.43. The number of fused-ring (bicyclic) bond motifs is 1. The molecule has 0 bridgehead atoms. The van der Waals surface area contributed by atoms with E-state index in [0.717, 1.165) is 49.0 Å². The second-order valence-electron chi connectivity index (χ2n) is 8.79. The summed E-state index contributed by atoms with van der Waals surface area (Å²) in [5, 5.41) is 5.15. The van der Waals surface area contributed by atoms with Crippen LogP contribution in [0.15, 0.2) is 91.0 Å². The van der Waals surface area contributed by atoms with E-state index in [-0.39, 0.29) is 17.8 Å². The maximum atomic E-state index is 13.4. The van der Waals surface area contributed by atoms with Gasteiger partial charge in [-0.1, -0.05) is 36.4 Å². The molecule has 4 nitrogen and oxygen atoms in total. The summed E-state index contributed by atoms with van der Waals surface area (Å²) in [6.45, 7) is 2.71. The predicted octanol–water partition coefficient (Wildman–Crippen LogP) is 6.17. The van der Waals surface area contributed by atoms with Crippen molar-refractivity contribution in [2.45, 2.75) is 25.4 Å². The van der Waals surface area contributed by atoms with E-state index >= 15 is 0 Å². The summed E-state index contributed by atoms with van der Waals surface area (Å²) < 4.78 is 19.2. The molecule has 0 aromatic heterocycles. The summed E-state index contributed by atoms with van der Waals surface area (Å²) in [6.07, 6.45) is 1.83. The molecule has 1 amide bonds. The van der Waals surface area contributed by atoms with Crippen molar-refractivity contribution in [2.75, 3.05) is 13.1 Å². The van der Waals surface area contributed by atoms with E-state index in [1.54, 1.807) is 18.2 Å². The molecule has 0 radical (unpaired) electrons. The molecular formula is C29H27FN2O2. The van der Waals surface area contributed by atoms with Crippen molar-refractivity contribution in [3.63, 3.8) is 0 Å². The highest BCUT2D eigenvalue weighted by Gasteiger charge is 2.21. The number of carbonyl (C=O) groups excluding carboxylic acids is 1. The van der Waals surface area contributed by atoms with E-state index in [9.17, 15) is 9.18 Å². The van der Waals surface area contributed by atoms with Gasteiger partial charge < -0.3 is 10.1 Å². The van der Waals surface area contributed by atoms with E-state index in [4.69, 9.17) is 4.74 Å². The Kier molecular flexibility index (Phi) is 6.54. The fraction of sp³-hybridized carbons (Fsp3) is 0.207. The van der Waals surface area contributed by atoms with Crippen molar-refractivity contribution in [3.05, 3.63) is 108 Å². The van der Waals surface area contributed by atoms with Gasteiger partial charge in [-0.05, 0) is 83.8 Å². The summed E-state index contributed by atoms with van der Waals surface area (Å²) in [4.78, 5) is 15.1. The van der Waals surface area contributed by atoms with Crippen LogP contribution in [0.2, 0.25) is 0 Å². The summed E-state index contributed by atoms with van der Waals surface area (Å²) in [5.41, 5.74) is 1.86. The summed E-state index contributed by atoms with van der Waals surface area (Å²) in [7, 11) is 0. The van der Waals surface area contributed by atoms with Gasteiger partial charge in [0.25, 0.3) is 5.91 Å². The molecule has 1 aliphatic rings. The van der Waals surface area contributed by atoms with Crippen LogP contribution < -0.4 is 10.1 Å². The van der Waals surface area contributed by atoms with Crippen molar-refractivity contribution < 1.29 is 13.9 Å². The first-order valence-corrected chi connectivity index (χ1v) is 11.7. The number of piperidine rings is 1. The van der Waals surface area contributed by atoms with Crippen LogP contribution in [0.4, 0.5) is 4.39 Å². The van der Waals surface area contributed by atoms with Gasteiger partial charge in [-0.2, -0.15) is 0 Å². The second kappa shape index (κ2) is 10.1. The smallest absolute Gasteiger partial charge is 0.251 e. The molecule has 0 unspecified atom stereocenters. The van der Waals surface area contributed by atoms with Crippen LogP contribution in [-0.2, 0) is 6.54 Å². The number of nitrogens with zero attached hydrogens (tertiary/aromatic N) is 1. The molecule has 4 aromatic rings. The molecule has 0 aliphatic carbocycles. The van der Waals surface area contributed by atoms with E-state index in [1.807, 2.05) is 54.6 Å². The standard InChI is InChI=1S/C29H27FN2O2/c30-25-11-8-23-18-21(6-7-24(23)19-25)20-32-16-14-26(15-17-32)31-29(33)22-9-12-28(13-10-22)34-27-4-2-1-3-5-27/h1-13,18-19,26H,14-17,20H2,(H,31,33). The van der Waals surface area contributed by atoms with Crippen LogP contribution in [0.1, 0.15) is 28.8 Å². The first-order chi connectivity index (χ1) is 16.6. The largest absolute Gasteiger partial charge is 0.457 e. The summed E-state index contributed by atoms with van der Waals surface area (Å²) in [5.74, 6) is 1.21. The molecule has 34 heavy (non-hydrogen) atoms. The second-order valence-corrected chi connectivity index (χ2v) is 8.79. The lowest BCUT2D eigenvalue weighted by Gasteiger charge is -2.32. The van der Waals surface area contributed by atoms with Crippen LogP contribution in [-0.4, -0.2) is 29.9 Å². The van der Waals surface area contributed by atoms with Gasteiger partial charge in [0.15, 0.2) is 0 Å². The lowest BCUT2D eigenvalue weighted by atomic mass is 10.0. The van der Waals surface area contributed by atoms with E-state index < -0.39 is 0 Å². The Hall–Kier alpha value is -3.70. The highest BCUT2D eigenvalue weighted by molar-refractivity contribution is 5.94. The molecule has 0 atom stereocenters. The molecule has 1 heterocycles. The van der Waals surface area contributed by atoms with Crippen molar-refractivity contribution in [1.82, 2.24) is 10.2 Å². The minimum absolute atomic E-state index is 0.0496. The number of nitrogens with one attached hydrogen (secondary N) is 1. The van der Waals surface area contributed by atoms with Crippen molar-refractivity contribution in [3.8, 4) is 11.5 Å². The summed E-state index contributed by atoms with van der Waals surface area (Å²) in [6, 6.07) is 28.1. The molecule has 4 aromatic carbocycles. The number of amides is 1. The Morgan fingerprint density at radius 2 is 1.53 bits per heavy atom. The van der Waals surface area contributed by atoms with Crippen LogP contribution in [0, 0.1) is 5.82 Å².